The van der Waals surface area contributed by atoms with Crippen LogP contribution in [0.2, 0.25) is 0 Å². The number of hydrogen-bond acceptors (Lipinski definition) is 8. The number of alkyl halides is 1. The summed E-state index contributed by atoms with van der Waals surface area (Å²) in [4.78, 5) is 15.5. The first-order valence-corrected chi connectivity index (χ1v) is 10.1. The van der Waals surface area contributed by atoms with Gasteiger partial charge in [0.25, 0.3) is 0 Å². The third-order valence-electron chi connectivity index (χ3n) is 6.74. The van der Waals surface area contributed by atoms with Crippen molar-refractivity contribution >= 4 is 5.91 Å². The van der Waals surface area contributed by atoms with Crippen molar-refractivity contribution in [3.05, 3.63) is 0 Å². The summed E-state index contributed by atoms with van der Waals surface area (Å²) >= 11 is 0. The van der Waals surface area contributed by atoms with Gasteiger partial charge in [-0.3, -0.25) is 15.0 Å². The Kier molecular flexibility index (Phi) is 5.66. The van der Waals surface area contributed by atoms with Crippen LogP contribution in [-0.4, -0.2) is 92.3 Å². The number of fused-ring (bicyclic) bond motifs is 1. The molecular weight excluding hydrogens is 351 g/mol. The largest absolute Gasteiger partial charge is 0.351 e. The molecule has 0 aromatic rings. The van der Waals surface area contributed by atoms with Crippen molar-refractivity contribution in [2.75, 3.05) is 39.8 Å². The summed E-state index contributed by atoms with van der Waals surface area (Å²) in [6.07, 6.45) is -0.360. The molecule has 4 fully saturated rings. The minimum absolute atomic E-state index is 0.0598. The van der Waals surface area contributed by atoms with Gasteiger partial charge >= 0.3 is 0 Å². The van der Waals surface area contributed by atoms with Crippen molar-refractivity contribution in [3.63, 3.8) is 0 Å². The van der Waals surface area contributed by atoms with Gasteiger partial charge < -0.3 is 21.7 Å². The molecule has 4 aliphatic heterocycles. The lowest BCUT2D eigenvalue weighted by Crippen LogP contribution is -2.61. The zero-order valence-electron chi connectivity index (χ0n) is 16.1. The van der Waals surface area contributed by atoms with Crippen molar-refractivity contribution in [1.29, 1.82) is 0 Å². The Hall–Kier alpha value is -0.880. The van der Waals surface area contributed by atoms with Crippen LogP contribution in [0.5, 0.6) is 0 Å². The lowest BCUT2D eigenvalue weighted by Gasteiger charge is -2.40. The summed E-state index contributed by atoms with van der Waals surface area (Å²) in [7, 11) is 2.14. The van der Waals surface area contributed by atoms with Crippen LogP contribution in [0.25, 0.3) is 0 Å². The molecule has 0 aromatic heterocycles. The van der Waals surface area contributed by atoms with Gasteiger partial charge in [0.2, 0.25) is 5.91 Å². The SMILES string of the molecule is CC1NCC(C2CCNCC2NC(=O)C2C(N)NN3CC(F)CNC23)N1C. The number of amides is 1. The lowest BCUT2D eigenvalue weighted by atomic mass is 9.85. The van der Waals surface area contributed by atoms with Crippen LogP contribution in [0.3, 0.4) is 0 Å². The van der Waals surface area contributed by atoms with Gasteiger partial charge in [-0.25, -0.2) is 14.8 Å². The van der Waals surface area contributed by atoms with Gasteiger partial charge in [0, 0.05) is 38.3 Å². The average Bonchev–Trinajstić information content (AvgIpc) is 3.14. The topological polar surface area (TPSA) is 110 Å². The van der Waals surface area contributed by atoms with Gasteiger partial charge in [0.05, 0.1) is 24.4 Å². The van der Waals surface area contributed by atoms with Crippen molar-refractivity contribution < 1.29 is 9.18 Å². The van der Waals surface area contributed by atoms with E-state index in [0.717, 1.165) is 26.1 Å². The van der Waals surface area contributed by atoms with Gasteiger partial charge in [-0.15, -0.1) is 0 Å². The molecular formula is C17H33FN8O. The van der Waals surface area contributed by atoms with Gasteiger partial charge in [-0.05, 0) is 32.9 Å². The van der Waals surface area contributed by atoms with E-state index in [2.05, 4.69) is 45.6 Å². The Morgan fingerprint density at radius 1 is 1.26 bits per heavy atom. The van der Waals surface area contributed by atoms with E-state index in [4.69, 9.17) is 5.73 Å². The Morgan fingerprint density at radius 2 is 2.07 bits per heavy atom. The van der Waals surface area contributed by atoms with Crippen molar-refractivity contribution in [2.24, 2.45) is 17.6 Å². The first-order valence-electron chi connectivity index (χ1n) is 10.1. The van der Waals surface area contributed by atoms with E-state index in [1.165, 1.54) is 0 Å². The molecule has 0 aliphatic carbocycles. The van der Waals surface area contributed by atoms with Crippen LogP contribution in [0.4, 0.5) is 4.39 Å². The summed E-state index contributed by atoms with van der Waals surface area (Å²) in [6.45, 7) is 5.34. The van der Waals surface area contributed by atoms with Crippen molar-refractivity contribution in [1.82, 2.24) is 36.6 Å². The van der Waals surface area contributed by atoms with Crippen LogP contribution in [0.1, 0.15) is 13.3 Å². The molecule has 7 N–H and O–H groups in total. The maximum absolute atomic E-state index is 13.6. The van der Waals surface area contributed by atoms with Crippen LogP contribution >= 0.6 is 0 Å². The van der Waals surface area contributed by atoms with Crippen molar-refractivity contribution in [3.8, 4) is 0 Å². The maximum atomic E-state index is 13.6. The molecule has 4 aliphatic rings. The Morgan fingerprint density at radius 3 is 2.81 bits per heavy atom. The molecule has 9 nitrogen and oxygen atoms in total. The minimum Gasteiger partial charge on any atom is -0.351 e. The zero-order chi connectivity index (χ0) is 19.1. The van der Waals surface area contributed by atoms with Gasteiger partial charge in [0.15, 0.2) is 0 Å². The smallest absolute Gasteiger partial charge is 0.229 e. The number of carbonyl (C=O) groups is 1. The second-order valence-electron chi connectivity index (χ2n) is 8.37. The number of hydrogen-bond donors (Lipinski definition) is 6. The molecule has 154 valence electrons. The molecule has 4 heterocycles. The first-order chi connectivity index (χ1) is 13.0. The van der Waals surface area contributed by atoms with E-state index in [9.17, 15) is 9.18 Å². The van der Waals surface area contributed by atoms with Gasteiger partial charge in [-0.1, -0.05) is 0 Å². The van der Waals surface area contributed by atoms with E-state index < -0.39 is 18.3 Å². The molecule has 4 rings (SSSR count). The van der Waals surface area contributed by atoms with E-state index in [1.807, 2.05) is 0 Å². The maximum Gasteiger partial charge on any atom is 0.229 e. The molecule has 27 heavy (non-hydrogen) atoms. The fourth-order valence-electron chi connectivity index (χ4n) is 5.08. The summed E-state index contributed by atoms with van der Waals surface area (Å²) < 4.78 is 13.6. The summed E-state index contributed by atoms with van der Waals surface area (Å²) in [6, 6.07) is 0.462. The monoisotopic (exact) mass is 384 g/mol. The third kappa shape index (κ3) is 3.71. The lowest BCUT2D eigenvalue weighted by molar-refractivity contribution is -0.128. The molecule has 0 bridgehead atoms. The molecule has 8 unspecified atom stereocenters. The van der Waals surface area contributed by atoms with Crippen LogP contribution < -0.4 is 32.4 Å². The van der Waals surface area contributed by atoms with Crippen LogP contribution in [-0.2, 0) is 4.79 Å². The Bertz CT molecular complexity index is 553. The van der Waals surface area contributed by atoms with E-state index >= 15 is 0 Å². The highest BCUT2D eigenvalue weighted by Crippen LogP contribution is 2.26. The normalized spacial score (nSPS) is 46.4. The highest BCUT2D eigenvalue weighted by molar-refractivity contribution is 5.80. The zero-order valence-corrected chi connectivity index (χ0v) is 16.1. The number of carbonyl (C=O) groups excluding carboxylic acids is 1. The number of nitrogens with two attached hydrogens (primary N) is 1. The fraction of sp³-hybridized carbons (Fsp3) is 0.941. The second-order valence-corrected chi connectivity index (χ2v) is 8.37. The Labute approximate surface area is 159 Å². The predicted octanol–water partition coefficient (Wildman–Crippen LogP) is -2.68. The standard InChI is InChI=1S/C17H33FN8O/c1-9-21-7-13(25(9)2)11-3-4-20-6-12(11)23-17(27)14-15(19)24-26-8-10(18)5-22-16(14)26/h9-16,20-22,24H,3-8,19H2,1-2H3,(H,23,27). The van der Waals surface area contributed by atoms with Crippen molar-refractivity contribution in [2.45, 2.75) is 50.1 Å². The number of nitrogens with zero attached hydrogens (tertiary/aromatic N) is 2. The molecule has 10 heteroatoms. The number of likely N-dealkylation sites (N-methyl/N-ethyl adjacent to an activating group) is 1. The highest BCUT2D eigenvalue weighted by Gasteiger charge is 2.48. The first kappa shape index (κ1) is 19.4. The number of nitrogens with one attached hydrogen (secondary N) is 5. The number of rotatable bonds is 3. The number of halogens is 1. The van der Waals surface area contributed by atoms with E-state index in [0.29, 0.717) is 18.1 Å². The van der Waals surface area contributed by atoms with Crippen LogP contribution in [0.15, 0.2) is 0 Å². The minimum atomic E-state index is -0.956. The molecule has 0 saturated carbocycles. The van der Waals surface area contributed by atoms with E-state index in [1.54, 1.807) is 5.01 Å². The molecule has 0 aromatic carbocycles. The summed E-state index contributed by atoms with van der Waals surface area (Å²) in [5.74, 6) is -0.125. The predicted molar refractivity (Wildman–Crippen MR) is 99.9 cm³/mol. The van der Waals surface area contributed by atoms with Crippen LogP contribution in [0, 0.1) is 11.8 Å². The summed E-state index contributed by atoms with van der Waals surface area (Å²) in [5, 5.41) is 15.0. The fourth-order valence-corrected chi connectivity index (χ4v) is 5.08. The average molecular weight is 385 g/mol. The Balaban J connectivity index is 1.43. The van der Waals surface area contributed by atoms with Gasteiger partial charge in [-0.2, -0.15) is 0 Å². The third-order valence-corrected chi connectivity index (χ3v) is 6.74. The number of hydrazine groups is 1. The number of piperidine rings is 1. The molecule has 1 amide bonds. The molecule has 0 radical (unpaired) electrons. The molecule has 4 saturated heterocycles. The van der Waals surface area contributed by atoms with Gasteiger partial charge in [0.1, 0.15) is 6.17 Å². The second kappa shape index (κ2) is 7.86. The van der Waals surface area contributed by atoms with E-state index in [-0.39, 0.29) is 31.2 Å². The summed E-state index contributed by atoms with van der Waals surface area (Å²) in [5.41, 5.74) is 9.22. The highest BCUT2D eigenvalue weighted by atomic mass is 19.1. The quantitative estimate of drug-likeness (QED) is 0.312. The molecule has 8 atom stereocenters. The molecule has 0 spiro atoms.